The second kappa shape index (κ2) is 6.79. The maximum Gasteiger partial charge on any atom is 0.433 e. The Labute approximate surface area is 160 Å². The molecular weight excluding hydrogens is 367 g/mol. The number of nitrogens with zero attached hydrogens (tertiary/aromatic N) is 2. The van der Waals surface area contributed by atoms with Gasteiger partial charge in [0.15, 0.2) is 5.65 Å². The van der Waals surface area contributed by atoms with E-state index >= 15 is 0 Å². The van der Waals surface area contributed by atoms with E-state index in [-0.39, 0.29) is 17.1 Å². The fourth-order valence-electron chi connectivity index (χ4n) is 4.16. The highest BCUT2D eigenvalue weighted by Crippen LogP contribution is 2.42. The van der Waals surface area contributed by atoms with E-state index < -0.39 is 17.4 Å². The van der Waals surface area contributed by atoms with Crippen molar-refractivity contribution in [1.82, 2.24) is 14.6 Å². The number of nitrogens with one attached hydrogen (secondary N) is 1. The van der Waals surface area contributed by atoms with Gasteiger partial charge in [0.05, 0.1) is 0 Å². The van der Waals surface area contributed by atoms with Crippen molar-refractivity contribution in [1.29, 1.82) is 0 Å². The molecule has 0 atom stereocenters. The molecule has 0 radical (unpaired) electrons. The van der Waals surface area contributed by atoms with Crippen LogP contribution in [0.4, 0.5) is 13.2 Å². The normalized spacial score (nSPS) is 15.6. The molecule has 2 heterocycles. The Morgan fingerprint density at radius 2 is 1.79 bits per heavy atom. The summed E-state index contributed by atoms with van der Waals surface area (Å²) >= 11 is 0. The third kappa shape index (κ3) is 3.23. The standard InChI is InChI=1S/C21H22F3N3O/c1-12-7-9-14(10-8-12)11-16-13(2)25-19-17(15-5-3-4-6-15)18(21(22,23)24)26-27(19)20(16)28/h7-10,15,26H,3-6,11H2,1-2H3. The van der Waals surface area contributed by atoms with Crippen molar-refractivity contribution in [2.45, 2.75) is 58.0 Å². The van der Waals surface area contributed by atoms with Crippen LogP contribution in [-0.2, 0) is 12.6 Å². The Morgan fingerprint density at radius 1 is 1.14 bits per heavy atom. The first-order valence-corrected chi connectivity index (χ1v) is 9.52. The van der Waals surface area contributed by atoms with E-state index in [1.165, 1.54) is 0 Å². The number of H-pyrrole nitrogens is 1. The minimum Gasteiger partial charge on any atom is -0.285 e. The molecule has 148 valence electrons. The maximum absolute atomic E-state index is 13.7. The van der Waals surface area contributed by atoms with E-state index in [1.54, 1.807) is 6.92 Å². The lowest BCUT2D eigenvalue weighted by Crippen LogP contribution is -2.22. The van der Waals surface area contributed by atoms with Gasteiger partial charge in [0.2, 0.25) is 0 Å². The summed E-state index contributed by atoms with van der Waals surface area (Å²) in [7, 11) is 0. The van der Waals surface area contributed by atoms with Crippen molar-refractivity contribution in [3.05, 3.63) is 68.3 Å². The monoisotopic (exact) mass is 389 g/mol. The highest BCUT2D eigenvalue weighted by atomic mass is 19.4. The van der Waals surface area contributed by atoms with Crippen LogP contribution in [0, 0.1) is 13.8 Å². The molecule has 28 heavy (non-hydrogen) atoms. The van der Waals surface area contributed by atoms with Crippen LogP contribution in [0.1, 0.15) is 65.2 Å². The number of hydrogen-bond acceptors (Lipinski definition) is 2. The smallest absolute Gasteiger partial charge is 0.285 e. The van der Waals surface area contributed by atoms with Crippen LogP contribution >= 0.6 is 0 Å². The lowest BCUT2D eigenvalue weighted by molar-refractivity contribution is -0.142. The summed E-state index contributed by atoms with van der Waals surface area (Å²) in [5.74, 6) is -0.216. The second-order valence-corrected chi connectivity index (χ2v) is 7.68. The number of hydrogen-bond donors (Lipinski definition) is 1. The number of fused-ring (bicyclic) bond motifs is 1. The van der Waals surface area contributed by atoms with Crippen LogP contribution in [-0.4, -0.2) is 14.6 Å². The molecule has 4 rings (SSSR count). The van der Waals surface area contributed by atoms with Crippen molar-refractivity contribution < 1.29 is 13.2 Å². The number of rotatable bonds is 3. The Hall–Kier alpha value is -2.57. The minimum absolute atomic E-state index is 0.120. The molecule has 1 N–H and O–H groups in total. The Kier molecular flexibility index (Phi) is 4.56. The molecule has 0 spiro atoms. The molecule has 7 heteroatoms. The summed E-state index contributed by atoms with van der Waals surface area (Å²) in [6.07, 6.45) is -1.04. The van der Waals surface area contributed by atoms with Crippen LogP contribution in [0.15, 0.2) is 29.1 Å². The van der Waals surface area contributed by atoms with Gasteiger partial charge in [0.1, 0.15) is 5.69 Å². The maximum atomic E-state index is 13.7. The molecule has 0 saturated heterocycles. The summed E-state index contributed by atoms with van der Waals surface area (Å²) in [4.78, 5) is 17.5. The molecule has 0 amide bonds. The molecule has 4 nitrogen and oxygen atoms in total. The zero-order valence-corrected chi connectivity index (χ0v) is 15.9. The zero-order chi connectivity index (χ0) is 20.1. The van der Waals surface area contributed by atoms with E-state index in [0.29, 0.717) is 30.5 Å². The molecule has 3 aromatic rings. The van der Waals surface area contributed by atoms with Gasteiger partial charge in [-0.1, -0.05) is 42.7 Å². The van der Waals surface area contributed by atoms with Crippen LogP contribution in [0.25, 0.3) is 5.65 Å². The van der Waals surface area contributed by atoms with Crippen molar-refractivity contribution in [3.63, 3.8) is 0 Å². The second-order valence-electron chi connectivity index (χ2n) is 7.68. The average Bonchev–Trinajstić information content (AvgIpc) is 3.27. The van der Waals surface area contributed by atoms with Gasteiger partial charge >= 0.3 is 6.18 Å². The highest BCUT2D eigenvalue weighted by molar-refractivity contribution is 5.54. The highest BCUT2D eigenvalue weighted by Gasteiger charge is 2.40. The van der Waals surface area contributed by atoms with E-state index in [2.05, 4.69) is 10.1 Å². The number of benzene rings is 1. The van der Waals surface area contributed by atoms with Gasteiger partial charge < -0.3 is 0 Å². The Bertz CT molecular complexity index is 1070. The minimum atomic E-state index is -4.55. The SMILES string of the molecule is Cc1ccc(Cc2c(C)nc3c(C4CCCC4)c(C(F)(F)F)[nH]n3c2=O)cc1. The summed E-state index contributed by atoms with van der Waals surface area (Å²) in [6.45, 7) is 3.67. The summed E-state index contributed by atoms with van der Waals surface area (Å²) in [6, 6.07) is 7.73. The van der Waals surface area contributed by atoms with Crippen LogP contribution < -0.4 is 5.56 Å². The predicted molar refractivity (Wildman–Crippen MR) is 101 cm³/mol. The summed E-state index contributed by atoms with van der Waals surface area (Å²) in [5.41, 5.74) is 1.89. The van der Waals surface area contributed by atoms with Crippen molar-refractivity contribution >= 4 is 5.65 Å². The molecule has 0 bridgehead atoms. The van der Waals surface area contributed by atoms with Gasteiger partial charge in [-0.05, 0) is 38.2 Å². The van der Waals surface area contributed by atoms with Crippen molar-refractivity contribution in [2.75, 3.05) is 0 Å². The molecule has 1 aromatic carbocycles. The number of halogens is 3. The fourth-order valence-corrected chi connectivity index (χ4v) is 4.16. The molecular formula is C21H22F3N3O. The van der Waals surface area contributed by atoms with Gasteiger partial charge in [0.25, 0.3) is 5.56 Å². The number of aromatic amines is 1. The number of aromatic nitrogens is 3. The van der Waals surface area contributed by atoms with Crippen LogP contribution in [0.2, 0.25) is 0 Å². The average molecular weight is 389 g/mol. The topological polar surface area (TPSA) is 50.2 Å². The lowest BCUT2D eigenvalue weighted by Gasteiger charge is -2.12. The van der Waals surface area contributed by atoms with E-state index in [1.807, 2.05) is 31.2 Å². The van der Waals surface area contributed by atoms with E-state index in [4.69, 9.17) is 0 Å². The fraction of sp³-hybridized carbons (Fsp3) is 0.429. The molecule has 0 unspecified atom stereocenters. The molecule has 1 aliphatic rings. The number of alkyl halides is 3. The predicted octanol–water partition coefficient (Wildman–Crippen LogP) is 4.91. The first-order chi connectivity index (χ1) is 13.3. The number of aryl methyl sites for hydroxylation is 2. The van der Waals surface area contributed by atoms with Crippen molar-refractivity contribution in [3.8, 4) is 0 Å². The Morgan fingerprint density at radius 3 is 2.39 bits per heavy atom. The summed E-state index contributed by atoms with van der Waals surface area (Å²) in [5, 5.41) is 2.33. The van der Waals surface area contributed by atoms with Gasteiger partial charge in [-0.25, -0.2) is 9.50 Å². The van der Waals surface area contributed by atoms with E-state index in [9.17, 15) is 18.0 Å². The van der Waals surface area contributed by atoms with Gasteiger partial charge in [0, 0.05) is 23.2 Å². The molecule has 1 fully saturated rings. The third-order valence-electron chi connectivity index (χ3n) is 5.67. The molecule has 0 aliphatic heterocycles. The first-order valence-electron chi connectivity index (χ1n) is 9.52. The molecule has 2 aromatic heterocycles. The Balaban J connectivity index is 1.89. The molecule has 1 aliphatic carbocycles. The quantitative estimate of drug-likeness (QED) is 0.692. The molecule has 1 saturated carbocycles. The lowest BCUT2D eigenvalue weighted by atomic mass is 9.97. The summed E-state index contributed by atoms with van der Waals surface area (Å²) < 4.78 is 42.0. The zero-order valence-electron chi connectivity index (χ0n) is 15.9. The van der Waals surface area contributed by atoms with E-state index in [0.717, 1.165) is 28.5 Å². The van der Waals surface area contributed by atoms with Gasteiger partial charge in [-0.15, -0.1) is 0 Å². The van der Waals surface area contributed by atoms with Gasteiger partial charge in [-0.3, -0.25) is 9.89 Å². The van der Waals surface area contributed by atoms with Crippen LogP contribution in [0.3, 0.4) is 0 Å². The third-order valence-corrected chi connectivity index (χ3v) is 5.67. The van der Waals surface area contributed by atoms with Gasteiger partial charge in [-0.2, -0.15) is 13.2 Å². The van der Waals surface area contributed by atoms with Crippen molar-refractivity contribution in [2.24, 2.45) is 0 Å². The first kappa shape index (κ1) is 18.8. The van der Waals surface area contributed by atoms with Crippen LogP contribution in [0.5, 0.6) is 0 Å². The largest absolute Gasteiger partial charge is 0.433 e.